The van der Waals surface area contributed by atoms with E-state index >= 15 is 0 Å². The molecule has 0 fully saturated rings. The first-order valence-corrected chi connectivity index (χ1v) is 6.05. The van der Waals surface area contributed by atoms with Gasteiger partial charge in [0.2, 0.25) is 0 Å². The van der Waals surface area contributed by atoms with Crippen LogP contribution in [0.3, 0.4) is 0 Å². The second-order valence-electron chi connectivity index (χ2n) is 4.61. The fourth-order valence-electron chi connectivity index (χ4n) is 1.96. The summed E-state index contributed by atoms with van der Waals surface area (Å²) in [4.78, 5) is 10.4. The molecule has 1 rings (SSSR count). The third kappa shape index (κ3) is 4.57. The number of benzene rings is 1. The summed E-state index contributed by atoms with van der Waals surface area (Å²) in [5.41, 5.74) is 9.74. The number of carboxylic acid groups (broad SMARTS) is 1. The predicted molar refractivity (Wildman–Crippen MR) is 68.9 cm³/mol. The van der Waals surface area contributed by atoms with Crippen molar-refractivity contribution in [3.63, 3.8) is 0 Å². The fourth-order valence-corrected chi connectivity index (χ4v) is 1.96. The molecule has 0 heterocycles. The van der Waals surface area contributed by atoms with Gasteiger partial charge in [-0.3, -0.25) is 4.79 Å². The Balaban J connectivity index is 2.49. The van der Waals surface area contributed by atoms with Crippen molar-refractivity contribution in [1.82, 2.24) is 0 Å². The molecule has 0 aliphatic carbocycles. The third-order valence-corrected chi connectivity index (χ3v) is 2.99. The summed E-state index contributed by atoms with van der Waals surface area (Å²) in [6, 6.07) is 6.30. The van der Waals surface area contributed by atoms with E-state index in [0.717, 1.165) is 12.8 Å². The van der Waals surface area contributed by atoms with Crippen LogP contribution >= 0.6 is 0 Å². The van der Waals surface area contributed by atoms with Crippen LogP contribution in [-0.4, -0.2) is 11.1 Å². The molecule has 1 aromatic carbocycles. The summed E-state index contributed by atoms with van der Waals surface area (Å²) in [6.07, 6.45) is 2.64. The van der Waals surface area contributed by atoms with Crippen LogP contribution in [0.2, 0.25) is 0 Å². The molecule has 0 aliphatic rings. The molecule has 94 valence electrons. The van der Waals surface area contributed by atoms with Gasteiger partial charge in [0.1, 0.15) is 0 Å². The van der Waals surface area contributed by atoms with Crippen LogP contribution in [0.4, 0.5) is 0 Å². The standard InChI is InChI=1S/C14H21NO2/c1-10-7-8-11(2)12(9-10)13(15)5-3-4-6-14(16)17/h7-9,13H,3-6,15H2,1-2H3,(H,16,17). The largest absolute Gasteiger partial charge is 0.481 e. The number of carboxylic acids is 1. The SMILES string of the molecule is Cc1ccc(C)c(C(N)CCCCC(=O)O)c1. The summed E-state index contributed by atoms with van der Waals surface area (Å²) < 4.78 is 0. The lowest BCUT2D eigenvalue weighted by atomic mass is 9.95. The Morgan fingerprint density at radius 2 is 2.06 bits per heavy atom. The lowest BCUT2D eigenvalue weighted by molar-refractivity contribution is -0.137. The zero-order valence-electron chi connectivity index (χ0n) is 10.6. The summed E-state index contributed by atoms with van der Waals surface area (Å²) >= 11 is 0. The Bertz CT molecular complexity index is 388. The third-order valence-electron chi connectivity index (χ3n) is 2.99. The number of nitrogens with two attached hydrogens (primary N) is 1. The zero-order valence-corrected chi connectivity index (χ0v) is 10.6. The quantitative estimate of drug-likeness (QED) is 0.745. The first-order valence-electron chi connectivity index (χ1n) is 6.05. The molecule has 0 aliphatic heterocycles. The maximum Gasteiger partial charge on any atom is 0.303 e. The molecule has 1 unspecified atom stereocenters. The minimum Gasteiger partial charge on any atom is -0.481 e. The average Bonchev–Trinajstić information content (AvgIpc) is 2.27. The first-order chi connectivity index (χ1) is 8.00. The summed E-state index contributed by atoms with van der Waals surface area (Å²) in [5, 5.41) is 8.54. The highest BCUT2D eigenvalue weighted by Gasteiger charge is 2.09. The van der Waals surface area contributed by atoms with Gasteiger partial charge < -0.3 is 10.8 Å². The number of rotatable bonds is 6. The number of hydrogen-bond acceptors (Lipinski definition) is 2. The lowest BCUT2D eigenvalue weighted by Crippen LogP contribution is -2.12. The van der Waals surface area contributed by atoms with Crippen LogP contribution in [0, 0.1) is 13.8 Å². The fraction of sp³-hybridized carbons (Fsp3) is 0.500. The van der Waals surface area contributed by atoms with Crippen molar-refractivity contribution in [3.05, 3.63) is 34.9 Å². The van der Waals surface area contributed by atoms with E-state index in [1.165, 1.54) is 16.7 Å². The normalized spacial score (nSPS) is 12.4. The summed E-state index contributed by atoms with van der Waals surface area (Å²) in [5.74, 6) is -0.731. The minimum atomic E-state index is -0.731. The number of unbranched alkanes of at least 4 members (excludes halogenated alkanes) is 1. The van der Waals surface area contributed by atoms with E-state index in [1.807, 2.05) is 0 Å². The average molecular weight is 235 g/mol. The summed E-state index contributed by atoms with van der Waals surface area (Å²) in [6.45, 7) is 4.12. The van der Waals surface area contributed by atoms with E-state index in [1.54, 1.807) is 0 Å². The van der Waals surface area contributed by atoms with Gasteiger partial charge in [-0.05, 0) is 37.8 Å². The molecular weight excluding hydrogens is 214 g/mol. The van der Waals surface area contributed by atoms with E-state index in [4.69, 9.17) is 10.8 Å². The summed E-state index contributed by atoms with van der Waals surface area (Å²) in [7, 11) is 0. The molecule has 0 amide bonds. The highest BCUT2D eigenvalue weighted by atomic mass is 16.4. The molecule has 17 heavy (non-hydrogen) atoms. The van der Waals surface area contributed by atoms with E-state index in [-0.39, 0.29) is 12.5 Å². The Hall–Kier alpha value is -1.35. The molecular formula is C14H21NO2. The molecule has 3 nitrogen and oxygen atoms in total. The highest BCUT2D eigenvalue weighted by molar-refractivity contribution is 5.66. The lowest BCUT2D eigenvalue weighted by Gasteiger charge is -2.15. The molecule has 1 aromatic rings. The van der Waals surface area contributed by atoms with Crippen molar-refractivity contribution in [1.29, 1.82) is 0 Å². The second kappa shape index (κ2) is 6.40. The van der Waals surface area contributed by atoms with Crippen molar-refractivity contribution in [2.45, 2.75) is 45.6 Å². The predicted octanol–water partition coefficient (Wildman–Crippen LogP) is 2.95. The first kappa shape index (κ1) is 13.7. The van der Waals surface area contributed by atoms with Crippen LogP contribution < -0.4 is 5.73 Å². The van der Waals surface area contributed by atoms with Crippen LogP contribution in [0.1, 0.15) is 48.4 Å². The molecule has 3 N–H and O–H groups in total. The number of aryl methyl sites for hydroxylation is 2. The van der Waals surface area contributed by atoms with Crippen molar-refractivity contribution < 1.29 is 9.90 Å². The van der Waals surface area contributed by atoms with Crippen LogP contribution in [0.5, 0.6) is 0 Å². The van der Waals surface area contributed by atoms with E-state index in [9.17, 15) is 4.79 Å². The van der Waals surface area contributed by atoms with Gasteiger partial charge in [-0.1, -0.05) is 30.2 Å². The van der Waals surface area contributed by atoms with Gasteiger partial charge in [0.25, 0.3) is 0 Å². The number of carbonyl (C=O) groups is 1. The molecule has 0 aromatic heterocycles. The van der Waals surface area contributed by atoms with Gasteiger partial charge in [0, 0.05) is 12.5 Å². The van der Waals surface area contributed by atoms with Crippen molar-refractivity contribution in [2.75, 3.05) is 0 Å². The molecule has 0 bridgehead atoms. The van der Waals surface area contributed by atoms with E-state index in [2.05, 4.69) is 32.0 Å². The Morgan fingerprint density at radius 1 is 1.35 bits per heavy atom. The Labute approximate surface area is 103 Å². The highest BCUT2D eigenvalue weighted by Crippen LogP contribution is 2.21. The van der Waals surface area contributed by atoms with E-state index in [0.29, 0.717) is 6.42 Å². The van der Waals surface area contributed by atoms with Crippen molar-refractivity contribution in [2.24, 2.45) is 5.73 Å². The van der Waals surface area contributed by atoms with Gasteiger partial charge in [0.05, 0.1) is 0 Å². The maximum absolute atomic E-state index is 10.4. The Kier molecular flexibility index (Phi) is 5.16. The van der Waals surface area contributed by atoms with Crippen LogP contribution in [-0.2, 0) is 4.79 Å². The van der Waals surface area contributed by atoms with Gasteiger partial charge in [-0.25, -0.2) is 0 Å². The monoisotopic (exact) mass is 235 g/mol. The molecule has 3 heteroatoms. The number of aliphatic carboxylic acids is 1. The van der Waals surface area contributed by atoms with Crippen molar-refractivity contribution in [3.8, 4) is 0 Å². The van der Waals surface area contributed by atoms with Gasteiger partial charge in [-0.15, -0.1) is 0 Å². The van der Waals surface area contributed by atoms with Crippen molar-refractivity contribution >= 4 is 5.97 Å². The Morgan fingerprint density at radius 3 is 2.71 bits per heavy atom. The van der Waals surface area contributed by atoms with E-state index < -0.39 is 5.97 Å². The van der Waals surface area contributed by atoms with Gasteiger partial charge >= 0.3 is 5.97 Å². The number of hydrogen-bond donors (Lipinski definition) is 2. The molecule has 1 atom stereocenters. The molecule has 0 saturated carbocycles. The minimum absolute atomic E-state index is 0.0173. The van der Waals surface area contributed by atoms with Crippen LogP contribution in [0.25, 0.3) is 0 Å². The zero-order chi connectivity index (χ0) is 12.8. The smallest absolute Gasteiger partial charge is 0.303 e. The van der Waals surface area contributed by atoms with Gasteiger partial charge in [-0.2, -0.15) is 0 Å². The van der Waals surface area contributed by atoms with Gasteiger partial charge in [0.15, 0.2) is 0 Å². The molecule has 0 radical (unpaired) electrons. The molecule has 0 spiro atoms. The topological polar surface area (TPSA) is 63.3 Å². The second-order valence-corrected chi connectivity index (χ2v) is 4.61. The molecule has 0 saturated heterocycles. The maximum atomic E-state index is 10.4. The van der Waals surface area contributed by atoms with Crippen LogP contribution in [0.15, 0.2) is 18.2 Å².